The van der Waals surface area contributed by atoms with Crippen LogP contribution in [-0.4, -0.2) is 27.9 Å². The zero-order valence-corrected chi connectivity index (χ0v) is 17.3. The molecule has 3 aromatic rings. The zero-order chi connectivity index (χ0) is 19.5. The number of hydrogen-bond acceptors (Lipinski definition) is 3. The van der Waals surface area contributed by atoms with Crippen molar-refractivity contribution in [2.24, 2.45) is 0 Å². The van der Waals surface area contributed by atoms with Crippen LogP contribution in [0, 0.1) is 0 Å². The Labute approximate surface area is 171 Å². The quantitative estimate of drug-likeness (QED) is 0.518. The molecule has 1 aromatic heterocycles. The van der Waals surface area contributed by atoms with Gasteiger partial charge in [-0.3, -0.25) is 4.79 Å². The molecule has 2 unspecified atom stereocenters. The predicted octanol–water partition coefficient (Wildman–Crippen LogP) is 5.93. The SMILES string of the molecule is CC1CCCC(C)N1C(=O)c1cccc(CSc2cccc3ccccc23)n1. The fourth-order valence-corrected chi connectivity index (χ4v) is 5.09. The lowest BCUT2D eigenvalue weighted by molar-refractivity contribution is 0.0504. The third-order valence-electron chi connectivity index (χ3n) is 5.58. The number of pyridine rings is 1. The summed E-state index contributed by atoms with van der Waals surface area (Å²) in [6.45, 7) is 4.29. The lowest BCUT2D eigenvalue weighted by atomic mass is 9.97. The van der Waals surface area contributed by atoms with Crippen molar-refractivity contribution >= 4 is 28.4 Å². The summed E-state index contributed by atoms with van der Waals surface area (Å²) in [5.41, 5.74) is 1.51. The van der Waals surface area contributed by atoms with Gasteiger partial charge in [0.2, 0.25) is 0 Å². The van der Waals surface area contributed by atoms with E-state index in [0.29, 0.717) is 5.69 Å². The normalized spacial score (nSPS) is 19.7. The number of amides is 1. The van der Waals surface area contributed by atoms with E-state index < -0.39 is 0 Å². The molecule has 1 aliphatic rings. The van der Waals surface area contributed by atoms with Gasteiger partial charge in [-0.05, 0) is 62.1 Å². The van der Waals surface area contributed by atoms with Crippen molar-refractivity contribution in [1.82, 2.24) is 9.88 Å². The summed E-state index contributed by atoms with van der Waals surface area (Å²) in [4.78, 5) is 21.0. The standard InChI is InChI=1S/C24H26N2OS/c1-17-8-5-9-18(2)26(17)24(27)22-14-7-12-20(25-22)16-28-23-15-6-11-19-10-3-4-13-21(19)23/h3-4,6-7,10-15,17-18H,5,8-9,16H2,1-2H3. The molecule has 0 spiro atoms. The highest BCUT2D eigenvalue weighted by Crippen LogP contribution is 2.30. The van der Waals surface area contributed by atoms with Gasteiger partial charge < -0.3 is 4.90 Å². The van der Waals surface area contributed by atoms with Crippen LogP contribution in [0.2, 0.25) is 0 Å². The Hall–Kier alpha value is -2.33. The van der Waals surface area contributed by atoms with Crippen LogP contribution in [0.4, 0.5) is 0 Å². The average molecular weight is 391 g/mol. The Bertz CT molecular complexity index is 972. The predicted molar refractivity (Wildman–Crippen MR) is 117 cm³/mol. The summed E-state index contributed by atoms with van der Waals surface area (Å²) in [7, 11) is 0. The molecular weight excluding hydrogens is 364 g/mol. The van der Waals surface area contributed by atoms with Crippen molar-refractivity contribution in [3.63, 3.8) is 0 Å². The van der Waals surface area contributed by atoms with Gasteiger partial charge >= 0.3 is 0 Å². The van der Waals surface area contributed by atoms with Gasteiger partial charge in [0, 0.05) is 22.7 Å². The molecule has 144 valence electrons. The maximum Gasteiger partial charge on any atom is 0.272 e. The third-order valence-corrected chi connectivity index (χ3v) is 6.69. The minimum absolute atomic E-state index is 0.0664. The van der Waals surface area contributed by atoms with Crippen LogP contribution in [0.15, 0.2) is 65.6 Å². The molecule has 2 atom stereocenters. The van der Waals surface area contributed by atoms with E-state index in [1.54, 1.807) is 11.8 Å². The number of likely N-dealkylation sites (tertiary alicyclic amines) is 1. The summed E-state index contributed by atoms with van der Waals surface area (Å²) in [5, 5.41) is 2.51. The molecule has 4 heteroatoms. The first-order valence-corrected chi connectivity index (χ1v) is 11.0. The molecule has 28 heavy (non-hydrogen) atoms. The topological polar surface area (TPSA) is 33.2 Å². The summed E-state index contributed by atoms with van der Waals surface area (Å²) in [5.74, 6) is 0.817. The second kappa shape index (κ2) is 8.36. The van der Waals surface area contributed by atoms with Gasteiger partial charge in [0.1, 0.15) is 5.69 Å². The Morgan fingerprint density at radius 2 is 1.71 bits per heavy atom. The third kappa shape index (κ3) is 3.93. The molecule has 2 aromatic carbocycles. The van der Waals surface area contributed by atoms with E-state index in [9.17, 15) is 4.79 Å². The van der Waals surface area contributed by atoms with Gasteiger partial charge in [0.05, 0.1) is 5.69 Å². The first-order valence-electron chi connectivity index (χ1n) is 10.0. The molecule has 1 amide bonds. The maximum absolute atomic E-state index is 13.1. The fraction of sp³-hybridized carbons (Fsp3) is 0.333. The largest absolute Gasteiger partial charge is 0.332 e. The van der Waals surface area contributed by atoms with E-state index >= 15 is 0 Å². The van der Waals surface area contributed by atoms with Crippen molar-refractivity contribution in [3.05, 3.63) is 72.1 Å². The van der Waals surface area contributed by atoms with Crippen molar-refractivity contribution in [2.75, 3.05) is 0 Å². The van der Waals surface area contributed by atoms with E-state index in [1.165, 1.54) is 22.1 Å². The molecule has 4 rings (SSSR count). The molecule has 0 saturated carbocycles. The molecule has 1 saturated heterocycles. The Morgan fingerprint density at radius 3 is 2.54 bits per heavy atom. The molecular formula is C24H26N2OS. The molecule has 0 radical (unpaired) electrons. The van der Waals surface area contributed by atoms with Crippen molar-refractivity contribution in [2.45, 2.75) is 55.8 Å². The summed E-state index contributed by atoms with van der Waals surface area (Å²) >= 11 is 1.77. The van der Waals surface area contributed by atoms with Gasteiger partial charge in [-0.25, -0.2) is 4.98 Å². The van der Waals surface area contributed by atoms with Crippen LogP contribution >= 0.6 is 11.8 Å². The summed E-state index contributed by atoms with van der Waals surface area (Å²) in [6.07, 6.45) is 3.35. The van der Waals surface area contributed by atoms with Crippen LogP contribution in [0.25, 0.3) is 10.8 Å². The fourth-order valence-electron chi connectivity index (χ4n) is 4.11. The summed E-state index contributed by atoms with van der Waals surface area (Å²) in [6, 6.07) is 21.2. The maximum atomic E-state index is 13.1. The van der Waals surface area contributed by atoms with Crippen LogP contribution in [0.5, 0.6) is 0 Å². The van der Waals surface area contributed by atoms with Crippen molar-refractivity contribution < 1.29 is 4.79 Å². The first kappa shape index (κ1) is 19.0. The van der Waals surface area contributed by atoms with E-state index in [1.807, 2.05) is 23.1 Å². The Balaban J connectivity index is 1.51. The molecule has 3 nitrogen and oxygen atoms in total. The minimum Gasteiger partial charge on any atom is -0.332 e. The van der Waals surface area contributed by atoms with E-state index in [2.05, 4.69) is 56.3 Å². The molecule has 1 fully saturated rings. The van der Waals surface area contributed by atoms with Gasteiger partial charge in [0.15, 0.2) is 0 Å². The van der Waals surface area contributed by atoms with Gasteiger partial charge in [0.25, 0.3) is 5.91 Å². The monoisotopic (exact) mass is 390 g/mol. The number of aromatic nitrogens is 1. The molecule has 2 heterocycles. The second-order valence-corrected chi connectivity index (χ2v) is 8.64. The lowest BCUT2D eigenvalue weighted by Gasteiger charge is -2.38. The van der Waals surface area contributed by atoms with Gasteiger partial charge in [-0.1, -0.05) is 42.5 Å². The average Bonchev–Trinajstić information content (AvgIpc) is 2.72. The number of carbonyl (C=O) groups is 1. The van der Waals surface area contributed by atoms with Crippen LogP contribution in [0.1, 0.15) is 49.3 Å². The highest BCUT2D eigenvalue weighted by atomic mass is 32.2. The second-order valence-electron chi connectivity index (χ2n) is 7.62. The number of benzene rings is 2. The van der Waals surface area contributed by atoms with E-state index in [0.717, 1.165) is 24.3 Å². The molecule has 1 aliphatic heterocycles. The molecule has 0 aliphatic carbocycles. The zero-order valence-electron chi connectivity index (χ0n) is 16.5. The van der Waals surface area contributed by atoms with Crippen molar-refractivity contribution in [3.8, 4) is 0 Å². The van der Waals surface area contributed by atoms with Crippen LogP contribution in [-0.2, 0) is 5.75 Å². The van der Waals surface area contributed by atoms with Crippen molar-refractivity contribution in [1.29, 1.82) is 0 Å². The van der Waals surface area contributed by atoms with Crippen LogP contribution in [0.3, 0.4) is 0 Å². The Morgan fingerprint density at radius 1 is 1.00 bits per heavy atom. The summed E-state index contributed by atoms with van der Waals surface area (Å²) < 4.78 is 0. The lowest BCUT2D eigenvalue weighted by Crippen LogP contribution is -2.47. The molecule has 0 N–H and O–H groups in total. The number of rotatable bonds is 4. The first-order chi connectivity index (χ1) is 13.6. The smallest absolute Gasteiger partial charge is 0.272 e. The number of piperidine rings is 1. The highest BCUT2D eigenvalue weighted by Gasteiger charge is 2.30. The minimum atomic E-state index is 0.0664. The number of fused-ring (bicyclic) bond motifs is 1. The molecule has 0 bridgehead atoms. The van der Waals surface area contributed by atoms with Gasteiger partial charge in [-0.15, -0.1) is 11.8 Å². The van der Waals surface area contributed by atoms with Crippen LogP contribution < -0.4 is 0 Å². The number of nitrogens with zero attached hydrogens (tertiary/aromatic N) is 2. The van der Waals surface area contributed by atoms with E-state index in [4.69, 9.17) is 4.98 Å². The highest BCUT2D eigenvalue weighted by molar-refractivity contribution is 7.98. The number of hydrogen-bond donors (Lipinski definition) is 0. The van der Waals surface area contributed by atoms with E-state index in [-0.39, 0.29) is 18.0 Å². The Kier molecular flexibility index (Phi) is 5.67. The number of thioether (sulfide) groups is 1. The van der Waals surface area contributed by atoms with Gasteiger partial charge in [-0.2, -0.15) is 0 Å². The number of carbonyl (C=O) groups excluding carboxylic acids is 1.